The van der Waals surface area contributed by atoms with Crippen molar-refractivity contribution in [3.63, 3.8) is 0 Å². The topological polar surface area (TPSA) is 110 Å². The zero-order chi connectivity index (χ0) is 14.6. The minimum atomic E-state index is -0.808. The maximum atomic E-state index is 11.6. The second-order valence-electron chi connectivity index (χ2n) is 4.01. The fraction of sp³-hybridized carbons (Fsp3) is 0.455. The molecule has 0 radical (unpaired) electrons. The summed E-state index contributed by atoms with van der Waals surface area (Å²) in [6.07, 6.45) is 1.28. The number of amides is 1. The molecule has 8 nitrogen and oxygen atoms in total. The van der Waals surface area contributed by atoms with Crippen LogP contribution in [0.15, 0.2) is 15.8 Å². The Balaban J connectivity index is 2.78. The molecule has 1 aromatic heterocycles. The summed E-state index contributed by atoms with van der Waals surface area (Å²) in [6.45, 7) is 2.69. The highest BCUT2D eigenvalue weighted by molar-refractivity contribution is 5.83. The third-order valence-electron chi connectivity index (χ3n) is 2.44. The standard InChI is InChI=1S/C11H15N3O5/c1-6-4-14(11(18)13-9(6)16)5-8(15)12-7(2)10(17)19-3/h4,7H,5H2,1-3H3,(H,12,15)(H,13,16,18)/t7-/m1/s1. The number of carbonyl (C=O) groups is 2. The minimum Gasteiger partial charge on any atom is -0.467 e. The largest absolute Gasteiger partial charge is 0.467 e. The fourth-order valence-electron chi connectivity index (χ4n) is 1.41. The highest BCUT2D eigenvalue weighted by Crippen LogP contribution is 1.89. The molecule has 2 N–H and O–H groups in total. The van der Waals surface area contributed by atoms with Crippen molar-refractivity contribution in [2.24, 2.45) is 0 Å². The highest BCUT2D eigenvalue weighted by atomic mass is 16.5. The maximum Gasteiger partial charge on any atom is 0.328 e. The van der Waals surface area contributed by atoms with E-state index in [0.717, 1.165) is 4.57 Å². The van der Waals surface area contributed by atoms with Gasteiger partial charge in [0.15, 0.2) is 0 Å². The van der Waals surface area contributed by atoms with E-state index in [1.54, 1.807) is 0 Å². The summed E-state index contributed by atoms with van der Waals surface area (Å²) in [5.41, 5.74) is -0.866. The Morgan fingerprint density at radius 3 is 2.68 bits per heavy atom. The number of aryl methyl sites for hydroxylation is 1. The summed E-state index contributed by atoms with van der Waals surface area (Å²) in [5, 5.41) is 2.38. The van der Waals surface area contributed by atoms with Crippen molar-refractivity contribution in [3.05, 3.63) is 32.6 Å². The normalized spacial score (nSPS) is 11.7. The van der Waals surface area contributed by atoms with Crippen LogP contribution in [-0.2, 0) is 20.9 Å². The number of methoxy groups -OCH3 is 1. The van der Waals surface area contributed by atoms with Crippen LogP contribution in [0, 0.1) is 6.92 Å². The summed E-state index contributed by atoms with van der Waals surface area (Å²) >= 11 is 0. The summed E-state index contributed by atoms with van der Waals surface area (Å²) < 4.78 is 5.50. The lowest BCUT2D eigenvalue weighted by atomic mass is 10.3. The summed E-state index contributed by atoms with van der Waals surface area (Å²) in [7, 11) is 1.21. The predicted molar refractivity (Wildman–Crippen MR) is 65.7 cm³/mol. The van der Waals surface area contributed by atoms with Crippen LogP contribution < -0.4 is 16.6 Å². The Labute approximate surface area is 108 Å². The SMILES string of the molecule is COC(=O)[C@@H](C)NC(=O)Cn1cc(C)c(=O)[nH]c1=O. The van der Waals surface area contributed by atoms with Crippen molar-refractivity contribution in [2.75, 3.05) is 7.11 Å². The quantitative estimate of drug-likeness (QED) is 0.648. The molecule has 104 valence electrons. The van der Waals surface area contributed by atoms with Crippen LogP contribution in [-0.4, -0.2) is 34.6 Å². The molecule has 0 bridgehead atoms. The highest BCUT2D eigenvalue weighted by Gasteiger charge is 2.16. The van der Waals surface area contributed by atoms with Gasteiger partial charge in [0.25, 0.3) is 5.56 Å². The lowest BCUT2D eigenvalue weighted by Crippen LogP contribution is -2.43. The molecule has 0 saturated carbocycles. The van der Waals surface area contributed by atoms with Crippen LogP contribution in [0.3, 0.4) is 0 Å². The van der Waals surface area contributed by atoms with Crippen molar-refractivity contribution >= 4 is 11.9 Å². The smallest absolute Gasteiger partial charge is 0.328 e. The zero-order valence-electron chi connectivity index (χ0n) is 10.9. The van der Waals surface area contributed by atoms with Crippen molar-refractivity contribution in [2.45, 2.75) is 26.4 Å². The molecule has 1 rings (SSSR count). The van der Waals surface area contributed by atoms with Gasteiger partial charge < -0.3 is 10.1 Å². The predicted octanol–water partition coefficient (Wildman–Crippen LogP) is -1.48. The monoisotopic (exact) mass is 269 g/mol. The van der Waals surface area contributed by atoms with Gasteiger partial charge in [-0.05, 0) is 13.8 Å². The summed E-state index contributed by atoms with van der Waals surface area (Å²) in [6, 6.07) is -0.808. The van der Waals surface area contributed by atoms with Crippen LogP contribution in [0.25, 0.3) is 0 Å². The molecule has 19 heavy (non-hydrogen) atoms. The van der Waals surface area contributed by atoms with Crippen molar-refractivity contribution in [3.8, 4) is 0 Å². The maximum absolute atomic E-state index is 11.6. The Hall–Kier alpha value is -2.38. The molecule has 1 aromatic rings. The first-order chi connectivity index (χ1) is 8.85. The minimum absolute atomic E-state index is 0.294. The summed E-state index contributed by atoms with van der Waals surface area (Å²) in [5.74, 6) is -1.12. The van der Waals surface area contributed by atoms with Gasteiger partial charge in [0.05, 0.1) is 7.11 Å². The van der Waals surface area contributed by atoms with E-state index in [9.17, 15) is 19.2 Å². The molecule has 0 aliphatic carbocycles. The van der Waals surface area contributed by atoms with Crippen molar-refractivity contribution in [1.82, 2.24) is 14.9 Å². The van der Waals surface area contributed by atoms with Gasteiger partial charge in [-0.3, -0.25) is 19.1 Å². The molecule has 1 amide bonds. The van der Waals surface area contributed by atoms with Crippen LogP contribution in [0.1, 0.15) is 12.5 Å². The van der Waals surface area contributed by atoms with Crippen molar-refractivity contribution < 1.29 is 14.3 Å². The Bertz CT molecular complexity index is 601. The Kier molecular flexibility index (Phi) is 4.62. The summed E-state index contributed by atoms with van der Waals surface area (Å²) in [4.78, 5) is 47.4. The van der Waals surface area contributed by atoms with Crippen LogP contribution in [0.5, 0.6) is 0 Å². The van der Waals surface area contributed by atoms with E-state index in [1.807, 2.05) is 0 Å². The molecule has 0 unspecified atom stereocenters. The number of aromatic nitrogens is 2. The lowest BCUT2D eigenvalue weighted by molar-refractivity contribution is -0.144. The average molecular weight is 269 g/mol. The van der Waals surface area contributed by atoms with Gasteiger partial charge in [-0.2, -0.15) is 0 Å². The number of nitrogens with one attached hydrogen (secondary N) is 2. The first-order valence-electron chi connectivity index (χ1n) is 5.52. The van der Waals surface area contributed by atoms with Crippen molar-refractivity contribution in [1.29, 1.82) is 0 Å². The molecule has 0 aliphatic heterocycles. The molecular weight excluding hydrogens is 254 g/mol. The average Bonchev–Trinajstić information content (AvgIpc) is 2.34. The molecule has 0 saturated heterocycles. The number of esters is 1. The van der Waals surface area contributed by atoms with Gasteiger partial charge in [0.1, 0.15) is 12.6 Å². The molecule has 0 aliphatic rings. The van der Waals surface area contributed by atoms with Gasteiger partial charge in [0.2, 0.25) is 5.91 Å². The van der Waals surface area contributed by atoms with Crippen LogP contribution in [0.4, 0.5) is 0 Å². The number of carbonyl (C=O) groups excluding carboxylic acids is 2. The number of hydrogen-bond donors (Lipinski definition) is 2. The van der Waals surface area contributed by atoms with Crippen LogP contribution in [0.2, 0.25) is 0 Å². The number of rotatable bonds is 4. The Morgan fingerprint density at radius 1 is 1.47 bits per heavy atom. The third kappa shape index (κ3) is 3.80. The van der Waals surface area contributed by atoms with Gasteiger partial charge in [-0.15, -0.1) is 0 Å². The Morgan fingerprint density at radius 2 is 2.11 bits per heavy atom. The first-order valence-corrected chi connectivity index (χ1v) is 5.52. The van der Waals surface area contributed by atoms with E-state index >= 15 is 0 Å². The van der Waals surface area contributed by atoms with Gasteiger partial charge in [-0.25, -0.2) is 9.59 Å². The molecule has 1 atom stereocenters. The number of ether oxygens (including phenoxy) is 1. The van der Waals surface area contributed by atoms with Gasteiger partial charge in [0, 0.05) is 11.8 Å². The van der Waals surface area contributed by atoms with Crippen LogP contribution >= 0.6 is 0 Å². The lowest BCUT2D eigenvalue weighted by Gasteiger charge is -2.12. The van der Waals surface area contributed by atoms with E-state index in [0.29, 0.717) is 5.56 Å². The molecular formula is C11H15N3O5. The molecule has 0 aromatic carbocycles. The fourth-order valence-corrected chi connectivity index (χ4v) is 1.41. The molecule has 1 heterocycles. The van der Waals surface area contributed by atoms with E-state index < -0.39 is 29.2 Å². The molecule has 0 fully saturated rings. The van der Waals surface area contributed by atoms with Gasteiger partial charge >= 0.3 is 11.7 Å². The number of aromatic amines is 1. The van der Waals surface area contributed by atoms with E-state index in [1.165, 1.54) is 27.2 Å². The number of nitrogens with zero attached hydrogens (tertiary/aromatic N) is 1. The first kappa shape index (κ1) is 14.7. The molecule has 0 spiro atoms. The third-order valence-corrected chi connectivity index (χ3v) is 2.44. The second-order valence-corrected chi connectivity index (χ2v) is 4.01. The zero-order valence-corrected chi connectivity index (χ0v) is 10.9. The van der Waals surface area contributed by atoms with E-state index in [4.69, 9.17) is 0 Å². The number of H-pyrrole nitrogens is 1. The van der Waals surface area contributed by atoms with E-state index in [-0.39, 0.29) is 6.54 Å². The second kappa shape index (κ2) is 5.98. The van der Waals surface area contributed by atoms with E-state index in [2.05, 4.69) is 15.0 Å². The number of hydrogen-bond acceptors (Lipinski definition) is 5. The molecule has 8 heteroatoms. The van der Waals surface area contributed by atoms with Gasteiger partial charge in [-0.1, -0.05) is 0 Å².